The number of rotatable bonds is 12. The molecule has 0 fully saturated rings. The van der Waals surface area contributed by atoms with E-state index in [1.54, 1.807) is 32.6 Å². The van der Waals surface area contributed by atoms with Crippen molar-refractivity contribution in [1.29, 1.82) is 0 Å². The van der Waals surface area contributed by atoms with Gasteiger partial charge in [-0.15, -0.1) is 0 Å². The number of methoxy groups -OCH3 is 2. The van der Waals surface area contributed by atoms with E-state index in [4.69, 9.17) is 25.8 Å². The zero-order valence-electron chi connectivity index (χ0n) is 20.4. The Hall–Kier alpha value is -2.04. The van der Waals surface area contributed by atoms with Crippen LogP contribution in [0, 0.1) is 0 Å². The zero-order valence-corrected chi connectivity index (χ0v) is 21.2. The molecule has 1 rings (SSSR count). The van der Waals surface area contributed by atoms with E-state index in [2.05, 4.69) is 5.32 Å². The Balaban J connectivity index is 2.83. The highest BCUT2D eigenvalue weighted by Crippen LogP contribution is 2.35. The Morgan fingerprint density at radius 3 is 2.26 bits per heavy atom. The molecule has 1 aromatic carbocycles. The lowest BCUT2D eigenvalue weighted by molar-refractivity contribution is -0.156. The van der Waals surface area contributed by atoms with Gasteiger partial charge in [0.25, 0.3) is 0 Å². The van der Waals surface area contributed by atoms with Gasteiger partial charge in [0, 0.05) is 45.5 Å². The van der Waals surface area contributed by atoms with Gasteiger partial charge in [0.05, 0.1) is 17.0 Å². The minimum absolute atomic E-state index is 0.0295. The van der Waals surface area contributed by atoms with Crippen LogP contribution in [0.15, 0.2) is 18.2 Å². The molecule has 1 unspecified atom stereocenters. The number of carbonyl (C=O) groups is 2. The molecule has 0 aliphatic rings. The van der Waals surface area contributed by atoms with Crippen molar-refractivity contribution in [2.75, 3.05) is 32.6 Å². The molecule has 0 radical (unpaired) electrons. The first-order valence-electron chi connectivity index (χ1n) is 10.8. The number of benzene rings is 1. The Morgan fingerprint density at radius 1 is 1.15 bits per heavy atom. The number of hydrogen-bond donors (Lipinski definition) is 1. The van der Waals surface area contributed by atoms with E-state index < -0.39 is 28.7 Å². The van der Waals surface area contributed by atoms with Crippen molar-refractivity contribution < 1.29 is 37.0 Å². The number of ether oxygens (including phenoxy) is 3. The van der Waals surface area contributed by atoms with Gasteiger partial charge >= 0.3 is 12.1 Å². The summed E-state index contributed by atoms with van der Waals surface area (Å²) in [6.07, 6.45) is -4.78. The Labute approximate surface area is 203 Å². The summed E-state index contributed by atoms with van der Waals surface area (Å²) in [5.74, 6) is -0.617. The van der Waals surface area contributed by atoms with Gasteiger partial charge in [-0.1, -0.05) is 11.6 Å². The van der Waals surface area contributed by atoms with Crippen molar-refractivity contribution in [2.24, 2.45) is 0 Å². The molecule has 0 spiro atoms. The van der Waals surface area contributed by atoms with Crippen LogP contribution in [-0.2, 0) is 30.0 Å². The number of nitrogens with one attached hydrogen (secondary N) is 1. The first kappa shape index (κ1) is 30.0. The van der Waals surface area contributed by atoms with Crippen LogP contribution in [0.5, 0.6) is 0 Å². The fourth-order valence-corrected chi connectivity index (χ4v) is 3.44. The van der Waals surface area contributed by atoms with E-state index >= 15 is 0 Å². The molecule has 1 amide bonds. The van der Waals surface area contributed by atoms with Crippen LogP contribution in [0.1, 0.15) is 52.5 Å². The number of alkyl halides is 3. The fourth-order valence-electron chi connectivity index (χ4n) is 3.15. The van der Waals surface area contributed by atoms with Crippen molar-refractivity contribution in [1.82, 2.24) is 4.90 Å². The lowest BCUT2D eigenvalue weighted by Crippen LogP contribution is -2.41. The fraction of sp³-hybridized carbons (Fsp3) is 0.652. The lowest BCUT2D eigenvalue weighted by atomic mass is 10.1. The van der Waals surface area contributed by atoms with Crippen LogP contribution in [0.25, 0.3) is 0 Å². The molecule has 0 saturated carbocycles. The average molecular weight is 511 g/mol. The zero-order chi connectivity index (χ0) is 26.1. The van der Waals surface area contributed by atoms with Gasteiger partial charge in [0.2, 0.25) is 5.91 Å². The number of halogens is 4. The summed E-state index contributed by atoms with van der Waals surface area (Å²) in [5.41, 5.74) is -1.13. The maximum Gasteiger partial charge on any atom is 0.417 e. The van der Waals surface area contributed by atoms with Crippen molar-refractivity contribution >= 4 is 29.2 Å². The lowest BCUT2D eigenvalue weighted by Gasteiger charge is -2.28. The third-order valence-corrected chi connectivity index (χ3v) is 4.94. The Morgan fingerprint density at radius 2 is 1.76 bits per heavy atom. The average Bonchev–Trinajstić information content (AvgIpc) is 2.68. The highest BCUT2D eigenvalue weighted by atomic mass is 35.5. The van der Waals surface area contributed by atoms with Crippen LogP contribution < -0.4 is 5.32 Å². The van der Waals surface area contributed by atoms with E-state index in [0.717, 1.165) is 6.07 Å². The van der Waals surface area contributed by atoms with E-state index in [1.807, 2.05) is 0 Å². The molecule has 34 heavy (non-hydrogen) atoms. The molecular weight excluding hydrogens is 477 g/mol. The summed E-state index contributed by atoms with van der Waals surface area (Å²) < 4.78 is 54.3. The first-order valence-corrected chi connectivity index (χ1v) is 11.2. The maximum absolute atomic E-state index is 12.9. The minimum Gasteiger partial charge on any atom is -0.460 e. The molecule has 0 heterocycles. The Bertz CT molecular complexity index is 811. The van der Waals surface area contributed by atoms with E-state index in [-0.39, 0.29) is 43.8 Å². The normalized spacial score (nSPS) is 13.0. The van der Waals surface area contributed by atoms with Crippen LogP contribution >= 0.6 is 11.6 Å². The molecule has 11 heteroatoms. The minimum atomic E-state index is -4.54. The molecule has 194 valence electrons. The summed E-state index contributed by atoms with van der Waals surface area (Å²) in [6.45, 7) is 7.61. The number of amides is 1. The standard InChI is InChI=1S/C23H34ClF3N2O5/c1-15(28-16-9-10-17(18(24)12-16)23(25,26)27)14-29(19(30)13-21(32-5)33-6)11-7-8-20(31)34-22(2,3)4/h9-10,12,15,21,28H,7-8,11,13-14H2,1-6H3. The third kappa shape index (κ3) is 10.9. The van der Waals surface area contributed by atoms with Gasteiger partial charge in [-0.2, -0.15) is 13.2 Å². The molecule has 0 saturated heterocycles. The van der Waals surface area contributed by atoms with Crippen LogP contribution in [0.4, 0.5) is 18.9 Å². The van der Waals surface area contributed by atoms with Gasteiger partial charge in [0.15, 0.2) is 6.29 Å². The summed E-state index contributed by atoms with van der Waals surface area (Å²) in [6, 6.07) is 3.05. The molecule has 0 bridgehead atoms. The Kier molecular flexibility index (Phi) is 11.6. The molecular formula is C23H34ClF3N2O5. The SMILES string of the molecule is COC(CC(=O)N(CCCC(=O)OC(C)(C)C)CC(C)Nc1ccc(C(F)(F)F)c(Cl)c1)OC. The van der Waals surface area contributed by atoms with Crippen molar-refractivity contribution in [2.45, 2.75) is 71.1 Å². The van der Waals surface area contributed by atoms with E-state index in [9.17, 15) is 22.8 Å². The van der Waals surface area contributed by atoms with Crippen LogP contribution in [0.2, 0.25) is 5.02 Å². The van der Waals surface area contributed by atoms with Crippen molar-refractivity contribution in [3.63, 3.8) is 0 Å². The van der Waals surface area contributed by atoms with E-state index in [1.165, 1.54) is 26.4 Å². The van der Waals surface area contributed by atoms with Crippen LogP contribution in [-0.4, -0.2) is 62.0 Å². The quantitative estimate of drug-likeness (QED) is 0.311. The molecule has 0 aliphatic heterocycles. The molecule has 0 aliphatic carbocycles. The van der Waals surface area contributed by atoms with E-state index in [0.29, 0.717) is 12.1 Å². The largest absolute Gasteiger partial charge is 0.460 e. The van der Waals surface area contributed by atoms with Gasteiger partial charge in [0.1, 0.15) is 5.60 Å². The molecule has 1 N–H and O–H groups in total. The molecule has 7 nitrogen and oxygen atoms in total. The number of esters is 1. The third-order valence-electron chi connectivity index (χ3n) is 4.63. The van der Waals surface area contributed by atoms with Gasteiger partial charge in [-0.3, -0.25) is 9.59 Å². The number of nitrogens with zero attached hydrogens (tertiary/aromatic N) is 1. The molecule has 1 atom stereocenters. The van der Waals surface area contributed by atoms with Gasteiger partial charge in [-0.25, -0.2) is 0 Å². The summed E-state index contributed by atoms with van der Waals surface area (Å²) in [5, 5.41) is 2.64. The highest BCUT2D eigenvalue weighted by Gasteiger charge is 2.33. The van der Waals surface area contributed by atoms with Crippen molar-refractivity contribution in [3.8, 4) is 0 Å². The first-order chi connectivity index (χ1) is 15.7. The molecule has 0 aromatic heterocycles. The topological polar surface area (TPSA) is 77.1 Å². The second-order valence-corrected chi connectivity index (χ2v) is 9.28. The summed E-state index contributed by atoms with van der Waals surface area (Å²) >= 11 is 5.79. The van der Waals surface area contributed by atoms with Gasteiger partial charge in [-0.05, 0) is 52.3 Å². The second-order valence-electron chi connectivity index (χ2n) is 8.87. The van der Waals surface area contributed by atoms with Crippen LogP contribution in [0.3, 0.4) is 0 Å². The number of carbonyl (C=O) groups excluding carboxylic acids is 2. The maximum atomic E-state index is 12.9. The highest BCUT2D eigenvalue weighted by molar-refractivity contribution is 6.31. The number of hydrogen-bond acceptors (Lipinski definition) is 6. The predicted molar refractivity (Wildman–Crippen MR) is 124 cm³/mol. The van der Waals surface area contributed by atoms with Gasteiger partial charge < -0.3 is 24.4 Å². The second kappa shape index (κ2) is 13.2. The number of anilines is 1. The van der Waals surface area contributed by atoms with Crippen molar-refractivity contribution in [3.05, 3.63) is 28.8 Å². The summed E-state index contributed by atoms with van der Waals surface area (Å²) in [4.78, 5) is 26.4. The summed E-state index contributed by atoms with van der Waals surface area (Å²) in [7, 11) is 2.85. The predicted octanol–water partition coefficient (Wildman–Crippen LogP) is 5.12. The smallest absolute Gasteiger partial charge is 0.417 e. The molecule has 1 aromatic rings. The monoisotopic (exact) mass is 510 g/mol.